The van der Waals surface area contributed by atoms with E-state index in [1.165, 1.54) is 23.0 Å². The molecule has 1 N–H and O–H groups in total. The van der Waals surface area contributed by atoms with Gasteiger partial charge in [-0.25, -0.2) is 0 Å². The molecule has 1 heterocycles. The van der Waals surface area contributed by atoms with Gasteiger partial charge in [-0.1, -0.05) is 48.2 Å². The van der Waals surface area contributed by atoms with E-state index in [0.717, 1.165) is 24.3 Å². The zero-order valence-corrected chi connectivity index (χ0v) is 18.1. The summed E-state index contributed by atoms with van der Waals surface area (Å²) in [5.41, 5.74) is 4.34. The molecule has 1 fully saturated rings. The molecular weight excluding hydrogens is 386 g/mol. The average Bonchev–Trinajstić information content (AvgIpc) is 2.95. The van der Waals surface area contributed by atoms with E-state index in [0.29, 0.717) is 15.9 Å². The molecule has 0 aliphatic carbocycles. The number of benzene rings is 2. The number of rotatable bonds is 7. The number of thioether (sulfide) groups is 1. The maximum Gasteiger partial charge on any atom is 0.267 e. The van der Waals surface area contributed by atoms with Crippen molar-refractivity contribution in [1.82, 2.24) is 4.90 Å². The van der Waals surface area contributed by atoms with Crippen molar-refractivity contribution in [3.05, 3.63) is 64.6 Å². The monoisotopic (exact) mass is 411 g/mol. The first-order chi connectivity index (χ1) is 13.5. The van der Waals surface area contributed by atoms with E-state index >= 15 is 0 Å². The summed E-state index contributed by atoms with van der Waals surface area (Å²) in [5, 5.41) is 3.28. The largest absolute Gasteiger partial charge is 0.372 e. The van der Waals surface area contributed by atoms with Gasteiger partial charge in [-0.2, -0.15) is 0 Å². The molecule has 1 saturated heterocycles. The van der Waals surface area contributed by atoms with Crippen molar-refractivity contribution in [2.45, 2.75) is 20.8 Å². The molecule has 1 aliphatic rings. The summed E-state index contributed by atoms with van der Waals surface area (Å²) in [6.45, 7) is 8.65. The van der Waals surface area contributed by atoms with E-state index in [-0.39, 0.29) is 5.91 Å². The molecule has 2 aromatic rings. The normalized spacial score (nSPS) is 15.4. The van der Waals surface area contributed by atoms with Gasteiger partial charge in [0.05, 0.1) is 11.6 Å². The van der Waals surface area contributed by atoms with Gasteiger partial charge in [0.1, 0.15) is 4.32 Å². The summed E-state index contributed by atoms with van der Waals surface area (Å²) < 4.78 is 0.580. The van der Waals surface area contributed by atoms with Crippen LogP contribution in [0, 0.1) is 6.92 Å². The fourth-order valence-corrected chi connectivity index (χ4v) is 4.34. The Morgan fingerprint density at radius 1 is 1.14 bits per heavy atom. The summed E-state index contributed by atoms with van der Waals surface area (Å²) in [5.74, 6) is -0.0528. The quantitative estimate of drug-likeness (QED) is 0.506. The molecule has 0 saturated carbocycles. The highest BCUT2D eigenvalue weighted by atomic mass is 32.2. The first kappa shape index (κ1) is 20.4. The Morgan fingerprint density at radius 3 is 2.50 bits per heavy atom. The zero-order valence-electron chi connectivity index (χ0n) is 16.4. The molecular formula is C22H25N3OS2. The number of nitrogens with zero attached hydrogens (tertiary/aromatic N) is 2. The van der Waals surface area contributed by atoms with Crippen LogP contribution in [0.25, 0.3) is 6.08 Å². The number of carbonyl (C=O) groups excluding carboxylic acids is 1. The first-order valence-electron chi connectivity index (χ1n) is 9.42. The van der Waals surface area contributed by atoms with Crippen molar-refractivity contribution in [3.63, 3.8) is 0 Å². The van der Waals surface area contributed by atoms with Crippen molar-refractivity contribution in [2.75, 3.05) is 30.0 Å². The Balaban J connectivity index is 1.68. The van der Waals surface area contributed by atoms with E-state index in [1.807, 2.05) is 49.4 Å². The predicted molar refractivity (Wildman–Crippen MR) is 125 cm³/mol. The van der Waals surface area contributed by atoms with Crippen molar-refractivity contribution in [3.8, 4) is 0 Å². The van der Waals surface area contributed by atoms with Gasteiger partial charge in [0.2, 0.25) is 0 Å². The molecule has 2 aromatic carbocycles. The van der Waals surface area contributed by atoms with Crippen LogP contribution in [0.4, 0.5) is 11.4 Å². The lowest BCUT2D eigenvalue weighted by atomic mass is 10.1. The van der Waals surface area contributed by atoms with Crippen LogP contribution in [0.15, 0.2) is 53.4 Å². The maximum absolute atomic E-state index is 12.8. The molecule has 0 aromatic heterocycles. The number of anilines is 2. The van der Waals surface area contributed by atoms with Crippen LogP contribution in [0.1, 0.15) is 25.0 Å². The summed E-state index contributed by atoms with van der Waals surface area (Å²) in [7, 11) is 0. The van der Waals surface area contributed by atoms with Gasteiger partial charge in [-0.3, -0.25) is 9.69 Å². The fraction of sp³-hybridized carbons (Fsp3) is 0.273. The molecule has 0 unspecified atom stereocenters. The molecule has 1 amide bonds. The van der Waals surface area contributed by atoms with Gasteiger partial charge in [-0.15, -0.1) is 0 Å². The Kier molecular flexibility index (Phi) is 6.75. The van der Waals surface area contributed by atoms with Crippen molar-refractivity contribution >= 4 is 51.7 Å². The molecule has 28 heavy (non-hydrogen) atoms. The number of thiocarbonyl (C=S) groups is 1. The molecule has 0 atom stereocenters. The van der Waals surface area contributed by atoms with Crippen molar-refractivity contribution in [1.29, 1.82) is 0 Å². The fourth-order valence-electron chi connectivity index (χ4n) is 3.08. The van der Waals surface area contributed by atoms with Gasteiger partial charge < -0.3 is 10.2 Å². The second kappa shape index (κ2) is 9.26. The minimum atomic E-state index is -0.0528. The van der Waals surface area contributed by atoms with Gasteiger partial charge in [0, 0.05) is 24.5 Å². The number of nitrogens with one attached hydrogen (secondary N) is 1. The highest BCUT2D eigenvalue weighted by molar-refractivity contribution is 8.26. The second-order valence-corrected chi connectivity index (χ2v) is 8.25. The Hall–Kier alpha value is -2.31. The maximum atomic E-state index is 12.8. The second-order valence-electron chi connectivity index (χ2n) is 6.58. The van der Waals surface area contributed by atoms with Gasteiger partial charge >= 0.3 is 0 Å². The number of hydrogen-bond donors (Lipinski definition) is 1. The van der Waals surface area contributed by atoms with Crippen LogP contribution < -0.4 is 10.2 Å². The SMILES string of the molecule is CCN(CC)c1ccc(C=C2SC(=S)N(CNc3cccc(C)c3)C2=O)cc1. The smallest absolute Gasteiger partial charge is 0.267 e. The van der Waals surface area contributed by atoms with Crippen LogP contribution in [0.3, 0.4) is 0 Å². The van der Waals surface area contributed by atoms with Crippen molar-refractivity contribution < 1.29 is 4.79 Å². The average molecular weight is 412 g/mol. The lowest BCUT2D eigenvalue weighted by Crippen LogP contribution is -2.33. The standard InChI is InChI=1S/C22H25N3OS2/c1-4-24(5-2)19-11-9-17(10-12-19)14-20-21(26)25(22(27)28-20)15-23-18-8-6-7-16(3)13-18/h6-14,23H,4-5,15H2,1-3H3. The number of hydrogen-bond acceptors (Lipinski definition) is 5. The Bertz CT molecular complexity index is 889. The number of aryl methyl sites for hydroxylation is 1. The number of amides is 1. The van der Waals surface area contributed by atoms with Crippen LogP contribution in [0.2, 0.25) is 0 Å². The topological polar surface area (TPSA) is 35.6 Å². The Morgan fingerprint density at radius 2 is 1.86 bits per heavy atom. The van der Waals surface area contributed by atoms with Gasteiger partial charge in [0.25, 0.3) is 5.91 Å². The van der Waals surface area contributed by atoms with E-state index in [4.69, 9.17) is 12.2 Å². The van der Waals surface area contributed by atoms with Crippen LogP contribution in [-0.4, -0.2) is 34.9 Å². The van der Waals surface area contributed by atoms with E-state index in [2.05, 4.69) is 36.2 Å². The predicted octanol–water partition coefficient (Wildman–Crippen LogP) is 5.11. The van der Waals surface area contributed by atoms with Gasteiger partial charge in [-0.05, 0) is 62.2 Å². The summed E-state index contributed by atoms with van der Waals surface area (Å²) in [6.07, 6.45) is 1.91. The van der Waals surface area contributed by atoms with E-state index in [9.17, 15) is 4.79 Å². The minimum absolute atomic E-state index is 0.0528. The van der Waals surface area contributed by atoms with Gasteiger partial charge in [0.15, 0.2) is 0 Å². The summed E-state index contributed by atoms with van der Waals surface area (Å²) in [4.78, 5) is 17.3. The number of carbonyl (C=O) groups is 1. The molecule has 0 spiro atoms. The molecule has 0 bridgehead atoms. The molecule has 0 radical (unpaired) electrons. The van der Waals surface area contributed by atoms with Crippen molar-refractivity contribution in [2.24, 2.45) is 0 Å². The van der Waals surface area contributed by atoms with E-state index < -0.39 is 0 Å². The van der Waals surface area contributed by atoms with Crippen LogP contribution in [0.5, 0.6) is 0 Å². The Labute approximate surface area is 176 Å². The van der Waals surface area contributed by atoms with Crippen LogP contribution >= 0.6 is 24.0 Å². The highest BCUT2D eigenvalue weighted by Crippen LogP contribution is 2.32. The highest BCUT2D eigenvalue weighted by Gasteiger charge is 2.31. The molecule has 3 rings (SSSR count). The molecule has 1 aliphatic heterocycles. The third-order valence-electron chi connectivity index (χ3n) is 4.65. The zero-order chi connectivity index (χ0) is 20.1. The molecule has 146 valence electrons. The lowest BCUT2D eigenvalue weighted by Gasteiger charge is -2.20. The first-order valence-corrected chi connectivity index (χ1v) is 10.6. The van der Waals surface area contributed by atoms with Crippen LogP contribution in [-0.2, 0) is 4.79 Å². The van der Waals surface area contributed by atoms with E-state index in [1.54, 1.807) is 4.90 Å². The summed E-state index contributed by atoms with van der Waals surface area (Å²) in [6, 6.07) is 16.3. The minimum Gasteiger partial charge on any atom is -0.372 e. The molecule has 4 nitrogen and oxygen atoms in total. The third kappa shape index (κ3) is 4.75. The third-order valence-corrected chi connectivity index (χ3v) is 6.03. The lowest BCUT2D eigenvalue weighted by molar-refractivity contribution is -0.121. The molecule has 6 heteroatoms. The summed E-state index contributed by atoms with van der Waals surface area (Å²) >= 11 is 6.77.